The SMILES string of the molecule is c1ccc(-c2ccc(-n3c4ccccc4c4ccc(N(c5ccccc5)c5ccc(-c6ccc7ccccc7c6)c(-c6ccccc6)c5)cc43)c(-c3ccccc3)c2)cc1. The standard InChI is InChI=1S/C58H40N2/c1-5-17-41(18-6-1)46-31-36-57(55(38-46)44-22-9-3-10-23-44)60-56-28-16-15-27-52(56)53-35-33-50(40-58(53)60)59(48-25-11-4-12-26-48)49-32-34-51(54(39-49)43-20-7-2-8-21-43)47-30-29-42-19-13-14-24-45(42)37-47/h1-40H. The molecule has 0 unspecified atom stereocenters. The molecule has 1 aromatic heterocycles. The summed E-state index contributed by atoms with van der Waals surface area (Å²) in [4.78, 5) is 2.40. The van der Waals surface area contributed by atoms with Crippen molar-refractivity contribution < 1.29 is 0 Å². The Kier molecular flexibility index (Phi) is 8.87. The van der Waals surface area contributed by atoms with Gasteiger partial charge >= 0.3 is 0 Å². The highest BCUT2D eigenvalue weighted by molar-refractivity contribution is 6.11. The van der Waals surface area contributed by atoms with Gasteiger partial charge in [-0.1, -0.05) is 182 Å². The maximum absolute atomic E-state index is 2.46. The van der Waals surface area contributed by atoms with Gasteiger partial charge in [0.15, 0.2) is 0 Å². The zero-order chi connectivity index (χ0) is 39.8. The van der Waals surface area contributed by atoms with Crippen LogP contribution in [0.3, 0.4) is 0 Å². The minimum absolute atomic E-state index is 1.08. The van der Waals surface area contributed by atoms with Gasteiger partial charge in [-0.25, -0.2) is 0 Å². The number of anilines is 3. The van der Waals surface area contributed by atoms with E-state index in [0.717, 1.165) is 28.3 Å². The molecule has 2 heteroatoms. The molecule has 10 aromatic carbocycles. The van der Waals surface area contributed by atoms with Crippen molar-refractivity contribution in [2.24, 2.45) is 0 Å². The Morgan fingerprint density at radius 1 is 0.267 bits per heavy atom. The molecule has 11 rings (SSSR count). The topological polar surface area (TPSA) is 8.17 Å². The lowest BCUT2D eigenvalue weighted by molar-refractivity contribution is 1.18. The molecule has 0 saturated heterocycles. The van der Waals surface area contributed by atoms with Crippen molar-refractivity contribution in [3.8, 4) is 50.2 Å². The second kappa shape index (κ2) is 15.1. The summed E-state index contributed by atoms with van der Waals surface area (Å²) in [7, 11) is 0. The molecule has 0 aliphatic carbocycles. The maximum Gasteiger partial charge on any atom is 0.0562 e. The predicted molar refractivity (Wildman–Crippen MR) is 255 cm³/mol. The van der Waals surface area contributed by atoms with Gasteiger partial charge in [-0.2, -0.15) is 0 Å². The summed E-state index contributed by atoms with van der Waals surface area (Å²) in [6.45, 7) is 0. The van der Waals surface area contributed by atoms with E-state index < -0.39 is 0 Å². The average molecular weight is 765 g/mol. The second-order valence-corrected chi connectivity index (χ2v) is 15.3. The molecule has 0 aliphatic rings. The van der Waals surface area contributed by atoms with Crippen molar-refractivity contribution in [2.75, 3.05) is 4.90 Å². The van der Waals surface area contributed by atoms with Crippen LogP contribution in [0.15, 0.2) is 243 Å². The van der Waals surface area contributed by atoms with E-state index in [4.69, 9.17) is 0 Å². The highest BCUT2D eigenvalue weighted by atomic mass is 15.1. The molecule has 2 nitrogen and oxygen atoms in total. The first kappa shape index (κ1) is 35.2. The molecule has 0 bridgehead atoms. The second-order valence-electron chi connectivity index (χ2n) is 15.3. The van der Waals surface area contributed by atoms with E-state index >= 15 is 0 Å². The van der Waals surface area contributed by atoms with E-state index in [2.05, 4.69) is 252 Å². The maximum atomic E-state index is 2.46. The number of benzene rings is 10. The Morgan fingerprint density at radius 2 is 0.833 bits per heavy atom. The Labute approximate surface area is 350 Å². The number of hydrogen-bond donors (Lipinski definition) is 0. The Bertz CT molecular complexity index is 3300. The van der Waals surface area contributed by atoms with Crippen LogP contribution in [-0.2, 0) is 0 Å². The monoisotopic (exact) mass is 764 g/mol. The van der Waals surface area contributed by atoms with Gasteiger partial charge in [0.1, 0.15) is 0 Å². The predicted octanol–water partition coefficient (Wildman–Crippen LogP) is 16.1. The van der Waals surface area contributed by atoms with Crippen LogP contribution in [0.1, 0.15) is 0 Å². The lowest BCUT2D eigenvalue weighted by Crippen LogP contribution is -2.10. The lowest BCUT2D eigenvalue weighted by atomic mass is 9.92. The van der Waals surface area contributed by atoms with Gasteiger partial charge in [0.25, 0.3) is 0 Å². The van der Waals surface area contributed by atoms with Gasteiger partial charge in [0.2, 0.25) is 0 Å². The molecule has 0 N–H and O–H groups in total. The third-order valence-electron chi connectivity index (χ3n) is 11.8. The Balaban J connectivity index is 1.13. The molecular formula is C58H40N2. The molecule has 0 amide bonds. The molecule has 1 heterocycles. The number of nitrogens with zero attached hydrogens (tertiary/aromatic N) is 2. The van der Waals surface area contributed by atoms with Gasteiger partial charge in [0, 0.05) is 33.4 Å². The largest absolute Gasteiger partial charge is 0.310 e. The van der Waals surface area contributed by atoms with Crippen molar-refractivity contribution in [2.45, 2.75) is 0 Å². The molecule has 0 atom stereocenters. The molecule has 0 spiro atoms. The summed E-state index contributed by atoms with van der Waals surface area (Å²) in [5.41, 5.74) is 16.2. The van der Waals surface area contributed by atoms with Crippen LogP contribution in [0.25, 0.3) is 82.8 Å². The minimum Gasteiger partial charge on any atom is -0.310 e. The van der Waals surface area contributed by atoms with Crippen LogP contribution in [0.2, 0.25) is 0 Å². The van der Waals surface area contributed by atoms with Gasteiger partial charge in [-0.05, 0) is 110 Å². The molecule has 0 saturated carbocycles. The van der Waals surface area contributed by atoms with Crippen LogP contribution in [0, 0.1) is 0 Å². The quantitative estimate of drug-likeness (QED) is 0.150. The number of para-hydroxylation sites is 2. The summed E-state index contributed by atoms with van der Waals surface area (Å²) in [6, 6.07) is 88.0. The van der Waals surface area contributed by atoms with Gasteiger partial charge < -0.3 is 9.47 Å². The van der Waals surface area contributed by atoms with Crippen LogP contribution in [0.4, 0.5) is 17.1 Å². The first-order valence-corrected chi connectivity index (χ1v) is 20.6. The fraction of sp³-hybridized carbons (Fsp3) is 0. The number of aromatic nitrogens is 1. The van der Waals surface area contributed by atoms with E-state index in [1.807, 2.05) is 0 Å². The molecule has 282 valence electrons. The van der Waals surface area contributed by atoms with E-state index in [1.165, 1.54) is 71.6 Å². The minimum atomic E-state index is 1.08. The molecule has 11 aromatic rings. The third-order valence-corrected chi connectivity index (χ3v) is 11.8. The molecule has 60 heavy (non-hydrogen) atoms. The Hall–Kier alpha value is -7.94. The summed E-state index contributed by atoms with van der Waals surface area (Å²) in [6.07, 6.45) is 0. The van der Waals surface area contributed by atoms with Crippen molar-refractivity contribution in [3.05, 3.63) is 243 Å². The molecular weight excluding hydrogens is 725 g/mol. The summed E-state index contributed by atoms with van der Waals surface area (Å²) in [5.74, 6) is 0. The fourth-order valence-corrected chi connectivity index (χ4v) is 8.91. The van der Waals surface area contributed by atoms with Crippen LogP contribution in [-0.4, -0.2) is 4.57 Å². The average Bonchev–Trinajstić information content (AvgIpc) is 3.66. The first-order chi connectivity index (χ1) is 29.8. The number of rotatable bonds is 8. The highest BCUT2D eigenvalue weighted by Gasteiger charge is 2.21. The van der Waals surface area contributed by atoms with E-state index in [1.54, 1.807) is 0 Å². The smallest absolute Gasteiger partial charge is 0.0562 e. The summed E-state index contributed by atoms with van der Waals surface area (Å²) in [5, 5.41) is 4.91. The zero-order valence-electron chi connectivity index (χ0n) is 33.0. The lowest BCUT2D eigenvalue weighted by Gasteiger charge is -2.27. The third kappa shape index (κ3) is 6.32. The van der Waals surface area contributed by atoms with Crippen molar-refractivity contribution >= 4 is 49.6 Å². The van der Waals surface area contributed by atoms with Crippen molar-refractivity contribution in [1.82, 2.24) is 4.57 Å². The highest BCUT2D eigenvalue weighted by Crippen LogP contribution is 2.44. The van der Waals surface area contributed by atoms with Crippen molar-refractivity contribution in [1.29, 1.82) is 0 Å². The van der Waals surface area contributed by atoms with Gasteiger partial charge in [0.05, 0.1) is 16.7 Å². The number of fused-ring (bicyclic) bond motifs is 4. The number of hydrogen-bond acceptors (Lipinski definition) is 1. The van der Waals surface area contributed by atoms with Gasteiger partial charge in [-0.3, -0.25) is 0 Å². The molecule has 0 radical (unpaired) electrons. The summed E-state index contributed by atoms with van der Waals surface area (Å²) >= 11 is 0. The Morgan fingerprint density at radius 3 is 1.58 bits per heavy atom. The van der Waals surface area contributed by atoms with Crippen LogP contribution < -0.4 is 4.90 Å². The van der Waals surface area contributed by atoms with E-state index in [9.17, 15) is 0 Å². The first-order valence-electron chi connectivity index (χ1n) is 20.6. The fourth-order valence-electron chi connectivity index (χ4n) is 8.91. The van der Waals surface area contributed by atoms with Crippen LogP contribution >= 0.6 is 0 Å². The normalized spacial score (nSPS) is 11.3. The van der Waals surface area contributed by atoms with Crippen LogP contribution in [0.5, 0.6) is 0 Å². The van der Waals surface area contributed by atoms with E-state index in [0.29, 0.717) is 0 Å². The summed E-state index contributed by atoms with van der Waals surface area (Å²) < 4.78 is 2.46. The molecule has 0 aliphatic heterocycles. The molecule has 0 fully saturated rings. The van der Waals surface area contributed by atoms with Crippen molar-refractivity contribution in [3.63, 3.8) is 0 Å². The zero-order valence-corrected chi connectivity index (χ0v) is 33.0. The van der Waals surface area contributed by atoms with E-state index in [-0.39, 0.29) is 0 Å². The van der Waals surface area contributed by atoms with Gasteiger partial charge in [-0.15, -0.1) is 0 Å².